The van der Waals surface area contributed by atoms with E-state index in [1.807, 2.05) is 47.0 Å². The summed E-state index contributed by atoms with van der Waals surface area (Å²) in [6.45, 7) is 0.434. The number of hydrogen-bond acceptors (Lipinski definition) is 17. The van der Waals surface area contributed by atoms with Crippen LogP contribution in [0.2, 0.25) is 0 Å². The van der Waals surface area contributed by atoms with E-state index in [2.05, 4.69) is 27.9 Å². The number of aliphatic imine (C=N–C) groups is 2. The Balaban J connectivity index is 3.25. The highest BCUT2D eigenvalue weighted by molar-refractivity contribution is 8.30. The Morgan fingerprint density at radius 3 is 2.25 bits per heavy atom. The summed E-state index contributed by atoms with van der Waals surface area (Å²) in [5.74, 6) is 1.62. The summed E-state index contributed by atoms with van der Waals surface area (Å²) in [5, 5.41) is 18.6. The van der Waals surface area contributed by atoms with Crippen LogP contribution in [0, 0.1) is 0 Å². The fourth-order valence-corrected chi connectivity index (χ4v) is 13.0. The molecule has 0 heterocycles. The lowest BCUT2D eigenvalue weighted by atomic mass is 10.5. The van der Waals surface area contributed by atoms with Crippen molar-refractivity contribution in [3.63, 3.8) is 0 Å². The Hall–Kier alpha value is 2.18. The Morgan fingerprint density at radius 2 is 1.56 bits per heavy atom. The molecule has 212 valence electrons. The number of nitrogens with zero attached hydrogens (tertiary/aromatic N) is 2. The van der Waals surface area contributed by atoms with E-state index in [-0.39, 0.29) is 11.8 Å². The SMILES string of the molecule is O=C(NCSCSCSCSCN=COOCCCO)SCSCSCSCSCS(=O)C=NCS. The number of carbonyl (C=O) groups excluding carboxylic acids is 1. The van der Waals surface area contributed by atoms with E-state index in [0.29, 0.717) is 35.7 Å². The maximum atomic E-state index is 11.8. The van der Waals surface area contributed by atoms with Crippen molar-refractivity contribution < 1.29 is 23.9 Å². The quantitative estimate of drug-likeness (QED) is 0.0179. The monoisotopic (exact) mass is 711 g/mol. The second-order valence-corrected chi connectivity index (χ2v) is 18.8. The summed E-state index contributed by atoms with van der Waals surface area (Å²) in [4.78, 5) is 29.2. The van der Waals surface area contributed by atoms with E-state index in [9.17, 15) is 9.00 Å². The van der Waals surface area contributed by atoms with Crippen LogP contribution in [0.1, 0.15) is 6.42 Å². The predicted molar refractivity (Wildman–Crippen MR) is 183 cm³/mol. The molecule has 36 heavy (non-hydrogen) atoms. The van der Waals surface area contributed by atoms with Crippen LogP contribution in [0.4, 0.5) is 4.79 Å². The standard InChI is InChI=1S/C17H33N3O5S11/c21-2-1-3-24-25-4-18-6-27-9-29-11-30-10-28-7-20-17(22)35-15-33-13-31-12-32-14-34-16-36(23)8-19-5-26/h4,8,21,26H,1-3,5-7,9-16H2,(H,20,22). The molecule has 1 amide bonds. The highest BCUT2D eigenvalue weighted by Crippen LogP contribution is 2.24. The number of nitrogens with one attached hydrogen (secondary N) is 1. The van der Waals surface area contributed by atoms with Gasteiger partial charge in [-0.25, -0.2) is 4.99 Å². The number of aliphatic hydroxyl groups excluding tert-OH is 1. The maximum absolute atomic E-state index is 11.8. The van der Waals surface area contributed by atoms with Crippen molar-refractivity contribution in [1.29, 1.82) is 0 Å². The zero-order valence-corrected chi connectivity index (χ0v) is 28.6. The maximum Gasteiger partial charge on any atom is 0.280 e. The third-order valence-electron chi connectivity index (χ3n) is 2.80. The Bertz CT molecular complexity index is 582. The number of hydrogen-bond donors (Lipinski definition) is 3. The number of rotatable bonds is 27. The van der Waals surface area contributed by atoms with E-state index in [1.165, 1.54) is 23.7 Å². The van der Waals surface area contributed by atoms with Gasteiger partial charge in [0.1, 0.15) is 0 Å². The van der Waals surface area contributed by atoms with Gasteiger partial charge in [0.25, 0.3) is 5.24 Å². The van der Waals surface area contributed by atoms with Gasteiger partial charge in [0.15, 0.2) is 0 Å². The molecule has 0 aromatic rings. The zero-order chi connectivity index (χ0) is 26.4. The summed E-state index contributed by atoms with van der Waals surface area (Å²) in [5.41, 5.74) is 1.46. The number of aliphatic hydroxyl groups is 1. The van der Waals surface area contributed by atoms with Crippen molar-refractivity contribution in [3.05, 3.63) is 0 Å². The molecular formula is C17H33N3O5S11. The van der Waals surface area contributed by atoms with Crippen molar-refractivity contribution in [1.82, 2.24) is 5.32 Å². The summed E-state index contributed by atoms with van der Waals surface area (Å²) < 4.78 is 11.5. The van der Waals surface area contributed by atoms with Gasteiger partial charge in [0, 0.05) is 42.2 Å². The van der Waals surface area contributed by atoms with Gasteiger partial charge in [-0.2, -0.15) is 17.5 Å². The molecule has 0 aromatic carbocycles. The minimum absolute atomic E-state index is 0.0272. The molecule has 0 saturated heterocycles. The molecular weight excluding hydrogens is 679 g/mol. The number of thiol groups is 1. The first kappa shape index (κ1) is 38.2. The highest BCUT2D eigenvalue weighted by atomic mass is 32.3. The average Bonchev–Trinajstić information content (AvgIpc) is 2.88. The molecule has 0 aromatic heterocycles. The van der Waals surface area contributed by atoms with Crippen molar-refractivity contribution in [2.45, 2.75) is 6.42 Å². The number of amides is 1. The summed E-state index contributed by atoms with van der Waals surface area (Å²) in [6, 6.07) is 0. The average molecular weight is 712 g/mol. The molecule has 8 nitrogen and oxygen atoms in total. The van der Waals surface area contributed by atoms with Gasteiger partial charge in [-0.3, -0.25) is 14.0 Å². The van der Waals surface area contributed by atoms with E-state index >= 15 is 0 Å². The first-order valence-electron chi connectivity index (χ1n) is 10.1. The van der Waals surface area contributed by atoms with Crippen molar-refractivity contribution >= 4 is 146 Å². The summed E-state index contributed by atoms with van der Waals surface area (Å²) in [7, 11) is -1.01. The van der Waals surface area contributed by atoms with Crippen LogP contribution in [0.3, 0.4) is 0 Å². The Labute approximate surface area is 261 Å². The molecule has 2 N–H and O–H groups in total. The molecule has 1 unspecified atom stereocenters. The molecule has 0 aliphatic heterocycles. The van der Waals surface area contributed by atoms with Gasteiger partial charge < -0.3 is 15.3 Å². The van der Waals surface area contributed by atoms with Crippen molar-refractivity contribution in [3.8, 4) is 0 Å². The fourth-order valence-electron chi connectivity index (χ4n) is 1.44. The predicted octanol–water partition coefficient (Wildman–Crippen LogP) is 5.89. The van der Waals surface area contributed by atoms with E-state index < -0.39 is 10.8 Å². The molecule has 1 atom stereocenters. The first-order valence-corrected chi connectivity index (χ1v) is 22.3. The number of thioether (sulfide) groups is 9. The lowest BCUT2D eigenvalue weighted by Gasteiger charge is -2.05. The summed E-state index contributed by atoms with van der Waals surface area (Å²) in [6.07, 6.45) is 1.82. The second kappa shape index (κ2) is 33.4. The summed E-state index contributed by atoms with van der Waals surface area (Å²) >= 11 is 19.4. The van der Waals surface area contributed by atoms with Crippen molar-refractivity contribution in [2.24, 2.45) is 9.98 Å². The second-order valence-electron chi connectivity index (χ2n) is 5.55. The molecule has 0 spiro atoms. The normalized spacial score (nSPS) is 12.5. The van der Waals surface area contributed by atoms with Gasteiger partial charge >= 0.3 is 0 Å². The molecule has 0 rings (SSSR count). The third kappa shape index (κ3) is 32.4. The van der Waals surface area contributed by atoms with Gasteiger partial charge in [-0.1, -0.05) is 11.8 Å². The molecule has 0 fully saturated rings. The molecule has 0 saturated carbocycles. The van der Waals surface area contributed by atoms with Crippen molar-refractivity contribution in [2.75, 3.05) is 71.5 Å². The van der Waals surface area contributed by atoms with Gasteiger partial charge in [0.2, 0.25) is 6.40 Å². The first-order chi connectivity index (χ1) is 17.7. The lowest BCUT2D eigenvalue weighted by molar-refractivity contribution is -0.217. The minimum atomic E-state index is -1.01. The van der Waals surface area contributed by atoms with Crippen LogP contribution in [0.25, 0.3) is 0 Å². The minimum Gasteiger partial charge on any atom is -0.396 e. The van der Waals surface area contributed by atoms with Gasteiger partial charge in [-0.15, -0.1) is 94.1 Å². The Kier molecular flexibility index (Phi) is 35.4. The van der Waals surface area contributed by atoms with Crippen LogP contribution in [0.15, 0.2) is 9.98 Å². The molecule has 19 heteroatoms. The Morgan fingerprint density at radius 1 is 0.917 bits per heavy atom. The largest absolute Gasteiger partial charge is 0.396 e. The fraction of sp³-hybridized carbons (Fsp3) is 0.824. The molecule has 0 aliphatic rings. The van der Waals surface area contributed by atoms with Gasteiger partial charge in [0.05, 0.1) is 45.7 Å². The molecule has 0 bridgehead atoms. The van der Waals surface area contributed by atoms with E-state index in [0.717, 1.165) is 35.6 Å². The van der Waals surface area contributed by atoms with Crippen LogP contribution in [0.5, 0.6) is 0 Å². The van der Waals surface area contributed by atoms with Crippen LogP contribution in [-0.2, 0) is 20.6 Å². The lowest BCUT2D eigenvalue weighted by Crippen LogP contribution is -2.17. The van der Waals surface area contributed by atoms with Crippen LogP contribution < -0.4 is 5.32 Å². The van der Waals surface area contributed by atoms with Crippen LogP contribution >= 0.6 is 118 Å². The van der Waals surface area contributed by atoms with E-state index in [4.69, 9.17) is 14.9 Å². The zero-order valence-electron chi connectivity index (χ0n) is 19.6. The topological polar surface area (TPSA) is 110 Å². The van der Waals surface area contributed by atoms with E-state index in [1.54, 1.807) is 47.0 Å². The molecule has 0 radical (unpaired) electrons. The van der Waals surface area contributed by atoms with Gasteiger partial charge in [-0.05, 0) is 6.42 Å². The smallest absolute Gasteiger partial charge is 0.280 e. The number of carbonyl (C=O) groups is 1. The van der Waals surface area contributed by atoms with Crippen LogP contribution in [-0.4, -0.2) is 98.0 Å². The third-order valence-corrected chi connectivity index (χ3v) is 15.2. The highest BCUT2D eigenvalue weighted by Gasteiger charge is 2.02. The molecule has 0 aliphatic carbocycles.